The van der Waals surface area contributed by atoms with Gasteiger partial charge in [-0.05, 0) is 12.8 Å². The summed E-state index contributed by atoms with van der Waals surface area (Å²) in [6.45, 7) is 3.89. The van der Waals surface area contributed by atoms with Crippen molar-refractivity contribution in [3.8, 4) is 0 Å². The summed E-state index contributed by atoms with van der Waals surface area (Å²) in [7, 11) is 0. The zero-order valence-corrected chi connectivity index (χ0v) is 45.9. The Kier molecular flexibility index (Phi) is 48.7. The number of amides is 1. The highest BCUT2D eigenvalue weighted by molar-refractivity contribution is 5.76. The number of aliphatic hydroxyl groups is 5. The summed E-state index contributed by atoms with van der Waals surface area (Å²) < 4.78 is 11.3. The summed E-state index contributed by atoms with van der Waals surface area (Å²) in [4.78, 5) is 13.1. The van der Waals surface area contributed by atoms with Crippen LogP contribution in [0.5, 0.6) is 0 Å². The van der Waals surface area contributed by atoms with Crippen LogP contribution in [-0.2, 0) is 14.3 Å². The summed E-state index contributed by atoms with van der Waals surface area (Å²) in [5.74, 6) is -0.135. The second-order valence-corrected chi connectivity index (χ2v) is 21.9. The second-order valence-electron chi connectivity index (χ2n) is 21.9. The lowest BCUT2D eigenvalue weighted by Gasteiger charge is -2.40. The number of hydrogen-bond acceptors (Lipinski definition) is 8. The molecular weight excluding hydrogens is 863 g/mol. The van der Waals surface area contributed by atoms with Gasteiger partial charge in [-0.2, -0.15) is 0 Å². The Morgan fingerprint density at radius 3 is 1.03 bits per heavy atom. The Hall–Kier alpha value is -0.810. The van der Waals surface area contributed by atoms with Gasteiger partial charge in [-0.25, -0.2) is 0 Å². The van der Waals surface area contributed by atoms with Crippen LogP contribution in [0.1, 0.15) is 322 Å². The Labute approximate surface area is 427 Å². The minimum absolute atomic E-state index is 0.131. The molecule has 1 aliphatic rings. The molecule has 0 bridgehead atoms. The molecule has 0 aromatic carbocycles. The molecule has 0 saturated carbocycles. The van der Waals surface area contributed by atoms with Crippen LogP contribution in [0, 0.1) is 0 Å². The third kappa shape index (κ3) is 40.3. The first-order valence-corrected chi connectivity index (χ1v) is 30.7. The van der Waals surface area contributed by atoms with E-state index in [1.807, 2.05) is 0 Å². The van der Waals surface area contributed by atoms with Crippen molar-refractivity contribution in [3.05, 3.63) is 0 Å². The zero-order valence-electron chi connectivity index (χ0n) is 45.9. The molecule has 9 heteroatoms. The molecule has 1 heterocycles. The van der Waals surface area contributed by atoms with Crippen LogP contribution in [0.2, 0.25) is 0 Å². The van der Waals surface area contributed by atoms with E-state index in [9.17, 15) is 30.3 Å². The van der Waals surface area contributed by atoms with Crippen LogP contribution >= 0.6 is 0 Å². The molecule has 9 nitrogen and oxygen atoms in total. The van der Waals surface area contributed by atoms with Crippen molar-refractivity contribution >= 4 is 5.91 Å². The van der Waals surface area contributed by atoms with E-state index >= 15 is 0 Å². The van der Waals surface area contributed by atoms with Gasteiger partial charge in [-0.15, -0.1) is 0 Å². The highest BCUT2D eigenvalue weighted by atomic mass is 16.7. The lowest BCUT2D eigenvalue weighted by Crippen LogP contribution is -2.60. The fraction of sp³-hybridized carbons (Fsp3) is 0.983. The van der Waals surface area contributed by atoms with Crippen LogP contribution in [0.25, 0.3) is 0 Å². The van der Waals surface area contributed by atoms with Crippen molar-refractivity contribution in [2.75, 3.05) is 13.2 Å². The SMILES string of the molecule is CCCCCCCCCCCCCCCCCCCCCCCCCCCCCCCC(=O)N[C@@H](CO[C@@H]1O[C@H](CO)[C@@H](O)C(O)C1O)[C@H](O)CCCCCCCCCCCCCCCCCCC. The Morgan fingerprint density at radius 2 is 0.725 bits per heavy atom. The van der Waals surface area contributed by atoms with Gasteiger partial charge in [0.1, 0.15) is 24.4 Å². The lowest BCUT2D eigenvalue weighted by molar-refractivity contribution is -0.302. The molecule has 0 aliphatic carbocycles. The predicted molar refractivity (Wildman–Crippen MR) is 291 cm³/mol. The highest BCUT2D eigenvalue weighted by Gasteiger charge is 2.44. The summed E-state index contributed by atoms with van der Waals surface area (Å²) in [5, 5.41) is 54.7. The van der Waals surface area contributed by atoms with Crippen molar-refractivity contribution in [3.63, 3.8) is 0 Å². The average molecular weight is 983 g/mol. The van der Waals surface area contributed by atoms with Crippen molar-refractivity contribution in [1.29, 1.82) is 0 Å². The van der Waals surface area contributed by atoms with E-state index < -0.39 is 49.5 Å². The molecule has 1 amide bonds. The standard InChI is InChI=1S/C60H119NO8/c1-3-5-7-9-11-13-15-17-19-21-22-23-24-25-26-27-28-29-30-31-32-34-36-38-40-42-44-46-48-50-56(64)61-53(52-68-60-59(67)58(66)57(65)55(51-62)69-60)54(63)49-47-45-43-41-39-37-35-33-20-18-16-14-12-10-8-6-4-2/h53-55,57-60,62-63,65-67H,3-52H2,1-2H3,(H,61,64)/t53-,54+,55+,57+,58?,59?,60+/m0/s1. The minimum atomic E-state index is -1.55. The van der Waals surface area contributed by atoms with Crippen molar-refractivity contribution in [1.82, 2.24) is 5.32 Å². The lowest BCUT2D eigenvalue weighted by atomic mass is 9.99. The Balaban J connectivity index is 2.12. The predicted octanol–water partition coefficient (Wildman–Crippen LogP) is 15.4. The Bertz CT molecular complexity index is 1050. The summed E-state index contributed by atoms with van der Waals surface area (Å²) in [6, 6.07) is -0.713. The van der Waals surface area contributed by atoms with Gasteiger partial charge >= 0.3 is 0 Å². The first-order valence-electron chi connectivity index (χ1n) is 30.7. The maximum absolute atomic E-state index is 13.1. The largest absolute Gasteiger partial charge is 0.394 e. The van der Waals surface area contributed by atoms with Gasteiger partial charge in [0, 0.05) is 6.42 Å². The molecule has 1 aliphatic heterocycles. The maximum Gasteiger partial charge on any atom is 0.220 e. The molecule has 0 radical (unpaired) electrons. The van der Waals surface area contributed by atoms with E-state index in [4.69, 9.17) is 9.47 Å². The number of hydrogen-bond donors (Lipinski definition) is 6. The number of nitrogens with one attached hydrogen (secondary N) is 1. The van der Waals surface area contributed by atoms with Crippen molar-refractivity contribution < 1.29 is 39.8 Å². The van der Waals surface area contributed by atoms with E-state index in [0.717, 1.165) is 38.5 Å². The van der Waals surface area contributed by atoms with Gasteiger partial charge in [0.2, 0.25) is 5.91 Å². The smallest absolute Gasteiger partial charge is 0.220 e. The molecule has 0 aromatic heterocycles. The summed E-state index contributed by atoms with van der Waals surface area (Å²) in [5.41, 5.74) is 0. The van der Waals surface area contributed by atoms with E-state index in [-0.39, 0.29) is 12.5 Å². The maximum atomic E-state index is 13.1. The first-order chi connectivity index (χ1) is 33.8. The number of carbonyl (C=O) groups excluding carboxylic acids is 1. The first kappa shape index (κ1) is 66.2. The zero-order chi connectivity index (χ0) is 50.1. The Morgan fingerprint density at radius 1 is 0.435 bits per heavy atom. The monoisotopic (exact) mass is 982 g/mol. The molecular formula is C60H119NO8. The number of carbonyl (C=O) groups is 1. The molecule has 69 heavy (non-hydrogen) atoms. The number of ether oxygens (including phenoxy) is 2. The van der Waals surface area contributed by atoms with Crippen LogP contribution in [-0.4, -0.2) is 87.5 Å². The average Bonchev–Trinajstić information content (AvgIpc) is 3.35. The molecule has 412 valence electrons. The van der Waals surface area contributed by atoms with Crippen LogP contribution in [0.4, 0.5) is 0 Å². The molecule has 0 aromatic rings. The van der Waals surface area contributed by atoms with Gasteiger partial charge in [0.15, 0.2) is 6.29 Å². The number of aliphatic hydroxyl groups excluding tert-OH is 5. The van der Waals surface area contributed by atoms with Crippen LogP contribution in [0.3, 0.4) is 0 Å². The van der Waals surface area contributed by atoms with Crippen LogP contribution < -0.4 is 5.32 Å². The van der Waals surface area contributed by atoms with Crippen molar-refractivity contribution in [2.45, 2.75) is 365 Å². The van der Waals surface area contributed by atoms with Gasteiger partial charge in [-0.3, -0.25) is 4.79 Å². The third-order valence-electron chi connectivity index (χ3n) is 15.2. The van der Waals surface area contributed by atoms with Gasteiger partial charge in [0.05, 0.1) is 25.4 Å². The fourth-order valence-corrected chi connectivity index (χ4v) is 10.3. The van der Waals surface area contributed by atoms with Gasteiger partial charge in [-0.1, -0.05) is 303 Å². The number of unbranched alkanes of at least 4 members (excludes halogenated alkanes) is 44. The topological polar surface area (TPSA) is 149 Å². The van der Waals surface area contributed by atoms with E-state index in [0.29, 0.717) is 12.8 Å². The summed E-state index contributed by atoms with van der Waals surface area (Å²) in [6.07, 6.45) is 54.3. The van der Waals surface area contributed by atoms with Gasteiger partial charge < -0.3 is 40.3 Å². The van der Waals surface area contributed by atoms with E-state index in [2.05, 4.69) is 19.2 Å². The quantitative estimate of drug-likeness (QED) is 0.0330. The van der Waals surface area contributed by atoms with E-state index in [1.165, 1.54) is 257 Å². The third-order valence-corrected chi connectivity index (χ3v) is 15.2. The number of rotatable bonds is 54. The normalized spacial score (nSPS) is 19.3. The highest BCUT2D eigenvalue weighted by Crippen LogP contribution is 2.24. The molecule has 1 rings (SSSR count). The molecule has 2 unspecified atom stereocenters. The second kappa shape index (κ2) is 50.7. The molecule has 6 N–H and O–H groups in total. The van der Waals surface area contributed by atoms with E-state index in [1.54, 1.807) is 0 Å². The molecule has 0 spiro atoms. The van der Waals surface area contributed by atoms with Crippen molar-refractivity contribution in [2.24, 2.45) is 0 Å². The molecule has 1 saturated heterocycles. The van der Waals surface area contributed by atoms with Crippen LogP contribution in [0.15, 0.2) is 0 Å². The van der Waals surface area contributed by atoms with Gasteiger partial charge in [0.25, 0.3) is 0 Å². The fourth-order valence-electron chi connectivity index (χ4n) is 10.3. The molecule has 1 fully saturated rings. The minimum Gasteiger partial charge on any atom is -0.394 e. The molecule has 7 atom stereocenters. The summed E-state index contributed by atoms with van der Waals surface area (Å²) >= 11 is 0.